The lowest BCUT2D eigenvalue weighted by atomic mass is 10.1. The minimum Gasteiger partial charge on any atom is -0.493 e. The van der Waals surface area contributed by atoms with Crippen molar-refractivity contribution >= 4 is 41.0 Å². The molecule has 11 heteroatoms. The summed E-state index contributed by atoms with van der Waals surface area (Å²) in [6.45, 7) is 0.0741. The minimum atomic E-state index is -0.461. The SMILES string of the molecule is COc1ccc(-c2nn(-c3ccccc3)cc2C=CC(=O)NCCN2C(=O)SC(=Cc3ccc(F)cc3)C2=O)cc1OC. The number of carbonyl (C=O) groups excluding carboxylic acids is 3. The van der Waals surface area contributed by atoms with Crippen LogP contribution in [0.5, 0.6) is 11.5 Å². The number of hydrogen-bond acceptors (Lipinski definition) is 7. The van der Waals surface area contributed by atoms with Gasteiger partial charge in [0.15, 0.2) is 11.5 Å². The Morgan fingerprint density at radius 2 is 1.74 bits per heavy atom. The van der Waals surface area contributed by atoms with Gasteiger partial charge >= 0.3 is 0 Å². The second-order valence-corrected chi connectivity index (χ2v) is 10.3. The lowest BCUT2D eigenvalue weighted by molar-refractivity contribution is -0.123. The number of halogens is 1. The molecule has 1 fully saturated rings. The number of nitrogens with one attached hydrogen (secondary N) is 1. The molecule has 2 heterocycles. The van der Waals surface area contributed by atoms with Crippen LogP contribution in [0, 0.1) is 5.82 Å². The molecular weight excluding hydrogens is 571 g/mol. The second-order valence-electron chi connectivity index (χ2n) is 9.29. The van der Waals surface area contributed by atoms with Crippen molar-refractivity contribution in [2.75, 3.05) is 27.3 Å². The van der Waals surface area contributed by atoms with E-state index in [0.717, 1.165) is 27.9 Å². The molecule has 5 rings (SSSR count). The number of amides is 3. The fourth-order valence-corrected chi connectivity index (χ4v) is 5.21. The van der Waals surface area contributed by atoms with Crippen molar-refractivity contribution in [3.05, 3.63) is 107 Å². The highest BCUT2D eigenvalue weighted by Crippen LogP contribution is 2.34. The Kier molecular flexibility index (Phi) is 9.02. The molecule has 1 saturated heterocycles. The number of benzene rings is 3. The van der Waals surface area contributed by atoms with Crippen LogP contribution in [-0.4, -0.2) is 59.0 Å². The molecule has 0 radical (unpaired) electrons. The maximum Gasteiger partial charge on any atom is 0.293 e. The molecule has 0 atom stereocenters. The second kappa shape index (κ2) is 13.2. The standard InChI is InChI=1S/C32H27FN4O5S/c1-41-26-14-10-22(19-27(26)42-2)30-23(20-37(35-30)25-6-4-3-5-7-25)11-15-29(38)34-16-17-36-31(39)28(43-32(36)40)18-21-8-12-24(33)13-9-21/h3-15,18-20H,16-17H2,1-2H3,(H,34,38). The third kappa shape index (κ3) is 6.84. The number of methoxy groups -OCH3 is 2. The minimum absolute atomic E-state index is 0.00777. The van der Waals surface area contributed by atoms with Gasteiger partial charge in [-0.25, -0.2) is 9.07 Å². The van der Waals surface area contributed by atoms with Crippen LogP contribution in [-0.2, 0) is 9.59 Å². The van der Waals surface area contributed by atoms with Gasteiger partial charge in [-0.15, -0.1) is 0 Å². The summed E-state index contributed by atoms with van der Waals surface area (Å²) in [6, 6.07) is 20.6. The van der Waals surface area contributed by atoms with E-state index in [9.17, 15) is 18.8 Å². The summed E-state index contributed by atoms with van der Waals surface area (Å²) in [7, 11) is 3.12. The summed E-state index contributed by atoms with van der Waals surface area (Å²) in [5.74, 6) is -0.132. The van der Waals surface area contributed by atoms with E-state index in [1.165, 1.54) is 36.4 Å². The molecule has 0 saturated carbocycles. The van der Waals surface area contributed by atoms with Gasteiger partial charge in [-0.1, -0.05) is 30.3 Å². The molecule has 3 aromatic carbocycles. The molecule has 1 aromatic heterocycles. The van der Waals surface area contributed by atoms with Gasteiger partial charge in [0.2, 0.25) is 5.91 Å². The lowest BCUT2D eigenvalue weighted by Gasteiger charge is -2.12. The molecule has 3 amide bonds. The van der Waals surface area contributed by atoms with Crippen LogP contribution in [0.3, 0.4) is 0 Å². The lowest BCUT2D eigenvalue weighted by Crippen LogP contribution is -2.36. The molecule has 4 aromatic rings. The highest BCUT2D eigenvalue weighted by atomic mass is 32.2. The topological polar surface area (TPSA) is 103 Å². The van der Waals surface area contributed by atoms with Crippen molar-refractivity contribution in [1.82, 2.24) is 20.0 Å². The van der Waals surface area contributed by atoms with Gasteiger partial charge in [-0.3, -0.25) is 19.3 Å². The zero-order valence-corrected chi connectivity index (χ0v) is 24.1. The van der Waals surface area contributed by atoms with Crippen molar-refractivity contribution in [3.8, 4) is 28.4 Å². The largest absolute Gasteiger partial charge is 0.493 e. The number of para-hydroxylation sites is 1. The first kappa shape index (κ1) is 29.3. The van der Waals surface area contributed by atoms with Crippen LogP contribution in [0.25, 0.3) is 29.1 Å². The Morgan fingerprint density at radius 3 is 2.47 bits per heavy atom. The zero-order valence-electron chi connectivity index (χ0n) is 23.3. The predicted molar refractivity (Wildman–Crippen MR) is 163 cm³/mol. The summed E-state index contributed by atoms with van der Waals surface area (Å²) in [5.41, 5.74) is 3.52. The smallest absolute Gasteiger partial charge is 0.293 e. The molecular formula is C32H27FN4O5S. The summed E-state index contributed by atoms with van der Waals surface area (Å²) in [4.78, 5) is 39.2. The van der Waals surface area contributed by atoms with Gasteiger partial charge in [-0.05, 0) is 71.9 Å². The first-order valence-corrected chi connectivity index (χ1v) is 14.0. The number of thioether (sulfide) groups is 1. The highest BCUT2D eigenvalue weighted by molar-refractivity contribution is 8.18. The summed E-state index contributed by atoms with van der Waals surface area (Å²) < 4.78 is 25.7. The number of imide groups is 1. The van der Waals surface area contributed by atoms with Gasteiger partial charge in [0.1, 0.15) is 11.5 Å². The average Bonchev–Trinajstić information content (AvgIpc) is 3.57. The third-order valence-corrected chi connectivity index (χ3v) is 7.42. The molecule has 0 aliphatic carbocycles. The Hall–Kier alpha value is -5.16. The van der Waals surface area contributed by atoms with Crippen LogP contribution in [0.4, 0.5) is 9.18 Å². The summed E-state index contributed by atoms with van der Waals surface area (Å²) >= 11 is 0.804. The van der Waals surface area contributed by atoms with Crippen molar-refractivity contribution in [2.24, 2.45) is 0 Å². The van der Waals surface area contributed by atoms with E-state index in [0.29, 0.717) is 28.3 Å². The van der Waals surface area contributed by atoms with Crippen LogP contribution >= 0.6 is 11.8 Å². The number of nitrogens with zero attached hydrogens (tertiary/aromatic N) is 3. The van der Waals surface area contributed by atoms with E-state index in [-0.39, 0.29) is 18.0 Å². The Morgan fingerprint density at radius 1 is 1.00 bits per heavy atom. The molecule has 1 aliphatic rings. The normalized spacial score (nSPS) is 14.1. The highest BCUT2D eigenvalue weighted by Gasteiger charge is 2.34. The van der Waals surface area contributed by atoms with E-state index < -0.39 is 22.9 Å². The van der Waals surface area contributed by atoms with E-state index >= 15 is 0 Å². The Bertz CT molecular complexity index is 1720. The first-order chi connectivity index (χ1) is 20.9. The molecule has 0 bridgehead atoms. The molecule has 9 nitrogen and oxygen atoms in total. The number of carbonyl (C=O) groups is 3. The molecule has 218 valence electrons. The number of ether oxygens (including phenoxy) is 2. The van der Waals surface area contributed by atoms with Crippen molar-refractivity contribution in [2.45, 2.75) is 0 Å². The van der Waals surface area contributed by atoms with Gasteiger partial charge in [-0.2, -0.15) is 5.10 Å². The van der Waals surface area contributed by atoms with Crippen LogP contribution < -0.4 is 14.8 Å². The van der Waals surface area contributed by atoms with Gasteiger partial charge in [0.05, 0.1) is 24.8 Å². The maximum absolute atomic E-state index is 13.2. The fourth-order valence-electron chi connectivity index (χ4n) is 4.35. The summed E-state index contributed by atoms with van der Waals surface area (Å²) in [6.07, 6.45) is 6.38. The Balaban J connectivity index is 1.27. The van der Waals surface area contributed by atoms with Crippen molar-refractivity contribution in [1.29, 1.82) is 0 Å². The number of rotatable bonds is 10. The van der Waals surface area contributed by atoms with E-state index in [1.54, 1.807) is 31.0 Å². The van der Waals surface area contributed by atoms with Crippen molar-refractivity contribution < 1.29 is 28.2 Å². The quantitative estimate of drug-likeness (QED) is 0.239. The molecule has 0 spiro atoms. The molecule has 1 aliphatic heterocycles. The number of aromatic nitrogens is 2. The predicted octanol–water partition coefficient (Wildman–Crippen LogP) is 5.56. The third-order valence-electron chi connectivity index (χ3n) is 6.51. The van der Waals surface area contributed by atoms with Gasteiger partial charge in [0.25, 0.3) is 11.1 Å². The van der Waals surface area contributed by atoms with Gasteiger partial charge < -0.3 is 14.8 Å². The first-order valence-electron chi connectivity index (χ1n) is 13.2. The monoisotopic (exact) mass is 598 g/mol. The number of hydrogen-bond donors (Lipinski definition) is 1. The van der Waals surface area contributed by atoms with Crippen LogP contribution in [0.2, 0.25) is 0 Å². The zero-order chi connectivity index (χ0) is 30.3. The Labute approximate surface area is 251 Å². The molecule has 0 unspecified atom stereocenters. The average molecular weight is 599 g/mol. The van der Waals surface area contributed by atoms with Crippen LogP contribution in [0.1, 0.15) is 11.1 Å². The van der Waals surface area contributed by atoms with E-state index in [4.69, 9.17) is 14.6 Å². The van der Waals surface area contributed by atoms with Crippen molar-refractivity contribution in [3.63, 3.8) is 0 Å². The molecule has 1 N–H and O–H groups in total. The molecule has 43 heavy (non-hydrogen) atoms. The van der Waals surface area contributed by atoms with Crippen LogP contribution in [0.15, 0.2) is 90.0 Å². The maximum atomic E-state index is 13.2. The van der Waals surface area contributed by atoms with E-state index in [2.05, 4.69) is 5.32 Å². The van der Waals surface area contributed by atoms with E-state index in [1.807, 2.05) is 48.7 Å². The van der Waals surface area contributed by atoms with Gasteiger partial charge in [0, 0.05) is 36.5 Å². The fraction of sp³-hybridized carbons (Fsp3) is 0.125. The summed E-state index contributed by atoms with van der Waals surface area (Å²) in [5, 5.41) is 7.04.